The molecule has 0 saturated carbocycles. The molecule has 1 aliphatic heterocycles. The van der Waals surface area contributed by atoms with E-state index >= 15 is 0 Å². The number of alkyl halides is 3. The third-order valence-corrected chi connectivity index (χ3v) is 4.71. The van der Waals surface area contributed by atoms with Crippen molar-refractivity contribution in [3.05, 3.63) is 63.5 Å². The second-order valence-corrected chi connectivity index (χ2v) is 6.63. The summed E-state index contributed by atoms with van der Waals surface area (Å²) in [5.74, 6) is -0.382. The number of anilines is 1. The van der Waals surface area contributed by atoms with E-state index in [0.29, 0.717) is 37.3 Å². The van der Waals surface area contributed by atoms with Crippen molar-refractivity contribution >= 4 is 23.2 Å². The Morgan fingerprint density at radius 1 is 1.04 bits per heavy atom. The number of halogens is 4. The molecule has 0 spiro atoms. The number of nitrogens with zero attached hydrogens (tertiary/aromatic N) is 3. The highest BCUT2D eigenvalue weighted by Crippen LogP contribution is 2.26. The number of amides is 1. The number of benzene rings is 1. The summed E-state index contributed by atoms with van der Waals surface area (Å²) in [6.45, 7) is 1.61. The van der Waals surface area contributed by atoms with Crippen molar-refractivity contribution in [2.24, 2.45) is 0 Å². The Labute approximate surface area is 158 Å². The van der Waals surface area contributed by atoms with Crippen molar-refractivity contribution < 1.29 is 18.0 Å². The SMILES string of the molecule is O=C(Cn1cccc(C(F)(F)F)c1=O)N1CCN(c2ccc(Cl)cc2)CC1. The molecule has 27 heavy (non-hydrogen) atoms. The van der Waals surface area contributed by atoms with Crippen LogP contribution in [0.3, 0.4) is 0 Å². The minimum absolute atomic E-state index is 0.382. The zero-order chi connectivity index (χ0) is 19.6. The summed E-state index contributed by atoms with van der Waals surface area (Å²) in [4.78, 5) is 28.0. The number of carbonyl (C=O) groups is 1. The van der Waals surface area contributed by atoms with Gasteiger partial charge in [-0.05, 0) is 36.4 Å². The van der Waals surface area contributed by atoms with Gasteiger partial charge in [0.05, 0.1) is 0 Å². The number of piperazine rings is 1. The Morgan fingerprint density at radius 3 is 2.26 bits per heavy atom. The lowest BCUT2D eigenvalue weighted by molar-refractivity contribution is -0.139. The third-order valence-electron chi connectivity index (χ3n) is 4.46. The zero-order valence-electron chi connectivity index (χ0n) is 14.2. The Kier molecular flexibility index (Phi) is 5.46. The summed E-state index contributed by atoms with van der Waals surface area (Å²) in [5, 5.41) is 0.638. The fourth-order valence-corrected chi connectivity index (χ4v) is 3.11. The summed E-state index contributed by atoms with van der Waals surface area (Å²) in [6, 6.07) is 9.19. The lowest BCUT2D eigenvalue weighted by Crippen LogP contribution is -2.50. The van der Waals surface area contributed by atoms with E-state index in [9.17, 15) is 22.8 Å². The van der Waals surface area contributed by atoms with Gasteiger partial charge in [-0.1, -0.05) is 11.6 Å². The first kappa shape index (κ1) is 19.3. The summed E-state index contributed by atoms with van der Waals surface area (Å²) in [5.41, 5.74) is -1.50. The van der Waals surface area contributed by atoms with Gasteiger partial charge in [0.2, 0.25) is 5.91 Å². The van der Waals surface area contributed by atoms with Gasteiger partial charge >= 0.3 is 6.18 Å². The van der Waals surface area contributed by atoms with Gasteiger partial charge in [0.1, 0.15) is 12.1 Å². The fraction of sp³-hybridized carbons (Fsp3) is 0.333. The maximum absolute atomic E-state index is 12.8. The number of carbonyl (C=O) groups excluding carboxylic acids is 1. The summed E-state index contributed by atoms with van der Waals surface area (Å²) in [7, 11) is 0. The third kappa shape index (κ3) is 4.44. The molecule has 2 heterocycles. The van der Waals surface area contributed by atoms with E-state index in [4.69, 9.17) is 11.6 Å². The standard InChI is InChI=1S/C18H17ClF3N3O2/c19-13-3-5-14(6-4-13)23-8-10-24(11-9-23)16(26)12-25-7-1-2-15(17(25)27)18(20,21)22/h1-7H,8-12H2. The number of pyridine rings is 1. The Bertz CT molecular complexity index is 873. The van der Waals surface area contributed by atoms with Crippen LogP contribution in [-0.4, -0.2) is 41.6 Å². The smallest absolute Gasteiger partial charge is 0.368 e. The van der Waals surface area contributed by atoms with E-state index in [2.05, 4.69) is 4.90 Å². The molecule has 1 amide bonds. The van der Waals surface area contributed by atoms with Crippen LogP contribution in [0.2, 0.25) is 5.02 Å². The Hall–Kier alpha value is -2.48. The number of aromatic nitrogens is 1. The number of rotatable bonds is 3. The quantitative estimate of drug-likeness (QED) is 0.797. The molecule has 1 aliphatic rings. The maximum Gasteiger partial charge on any atom is 0.421 e. The van der Waals surface area contributed by atoms with Crippen LogP contribution in [0.4, 0.5) is 18.9 Å². The molecule has 2 aromatic rings. The van der Waals surface area contributed by atoms with E-state index in [0.717, 1.165) is 16.3 Å². The molecule has 0 N–H and O–H groups in total. The minimum Gasteiger partial charge on any atom is -0.368 e. The topological polar surface area (TPSA) is 45.6 Å². The van der Waals surface area contributed by atoms with Crippen LogP contribution in [0.1, 0.15) is 5.56 Å². The number of hydrogen-bond donors (Lipinski definition) is 0. The van der Waals surface area contributed by atoms with E-state index in [1.165, 1.54) is 6.20 Å². The van der Waals surface area contributed by atoms with Gasteiger partial charge in [0.25, 0.3) is 5.56 Å². The van der Waals surface area contributed by atoms with E-state index < -0.39 is 23.8 Å². The van der Waals surface area contributed by atoms with E-state index in [1.807, 2.05) is 12.1 Å². The van der Waals surface area contributed by atoms with Crippen molar-refractivity contribution in [2.75, 3.05) is 31.1 Å². The molecular weight excluding hydrogens is 383 g/mol. The van der Waals surface area contributed by atoms with Crippen molar-refractivity contribution in [2.45, 2.75) is 12.7 Å². The molecular formula is C18H17ClF3N3O2. The van der Waals surface area contributed by atoms with Crippen LogP contribution >= 0.6 is 11.6 Å². The lowest BCUT2D eigenvalue weighted by atomic mass is 10.2. The molecule has 1 aromatic heterocycles. The first-order chi connectivity index (χ1) is 12.8. The van der Waals surface area contributed by atoms with Gasteiger partial charge in [0, 0.05) is 43.1 Å². The van der Waals surface area contributed by atoms with Crippen LogP contribution in [-0.2, 0) is 17.5 Å². The fourth-order valence-electron chi connectivity index (χ4n) is 2.99. The first-order valence-corrected chi connectivity index (χ1v) is 8.68. The molecule has 0 aliphatic carbocycles. The average molecular weight is 400 g/mol. The molecule has 1 fully saturated rings. The lowest BCUT2D eigenvalue weighted by Gasteiger charge is -2.36. The Morgan fingerprint density at radius 2 is 1.67 bits per heavy atom. The molecule has 0 atom stereocenters. The molecule has 0 unspecified atom stereocenters. The Balaban J connectivity index is 1.64. The normalized spacial score (nSPS) is 15.1. The van der Waals surface area contributed by atoms with Gasteiger partial charge < -0.3 is 14.4 Å². The van der Waals surface area contributed by atoms with E-state index in [1.54, 1.807) is 17.0 Å². The zero-order valence-corrected chi connectivity index (χ0v) is 15.0. The highest BCUT2D eigenvalue weighted by atomic mass is 35.5. The molecule has 144 valence electrons. The molecule has 0 radical (unpaired) electrons. The monoisotopic (exact) mass is 399 g/mol. The molecule has 9 heteroatoms. The van der Waals surface area contributed by atoms with Crippen LogP contribution in [0, 0.1) is 0 Å². The predicted octanol–water partition coefficient (Wildman–Crippen LogP) is 2.87. The van der Waals surface area contributed by atoms with Crippen molar-refractivity contribution in [1.29, 1.82) is 0 Å². The molecule has 1 saturated heterocycles. The maximum atomic E-state index is 12.8. The minimum atomic E-state index is -4.74. The van der Waals surface area contributed by atoms with E-state index in [-0.39, 0.29) is 5.91 Å². The molecule has 0 bridgehead atoms. The predicted molar refractivity (Wildman–Crippen MR) is 95.9 cm³/mol. The van der Waals surface area contributed by atoms with Gasteiger partial charge in [-0.25, -0.2) is 0 Å². The van der Waals surface area contributed by atoms with Crippen LogP contribution in [0.15, 0.2) is 47.4 Å². The second-order valence-electron chi connectivity index (χ2n) is 6.20. The number of hydrogen-bond acceptors (Lipinski definition) is 3. The van der Waals surface area contributed by atoms with Crippen molar-refractivity contribution in [1.82, 2.24) is 9.47 Å². The summed E-state index contributed by atoms with van der Waals surface area (Å²) < 4.78 is 39.3. The summed E-state index contributed by atoms with van der Waals surface area (Å²) >= 11 is 5.87. The highest BCUT2D eigenvalue weighted by molar-refractivity contribution is 6.30. The summed E-state index contributed by atoms with van der Waals surface area (Å²) in [6.07, 6.45) is -3.55. The van der Waals surface area contributed by atoms with Gasteiger partial charge in [-0.15, -0.1) is 0 Å². The molecule has 5 nitrogen and oxygen atoms in total. The molecule has 1 aromatic carbocycles. The van der Waals surface area contributed by atoms with Gasteiger partial charge in [0.15, 0.2) is 0 Å². The highest BCUT2D eigenvalue weighted by Gasteiger charge is 2.34. The van der Waals surface area contributed by atoms with Crippen LogP contribution in [0.5, 0.6) is 0 Å². The van der Waals surface area contributed by atoms with Crippen molar-refractivity contribution in [3.63, 3.8) is 0 Å². The average Bonchev–Trinajstić information content (AvgIpc) is 2.63. The second kappa shape index (κ2) is 7.64. The van der Waals surface area contributed by atoms with Crippen LogP contribution in [0.25, 0.3) is 0 Å². The van der Waals surface area contributed by atoms with Crippen LogP contribution < -0.4 is 10.5 Å². The van der Waals surface area contributed by atoms with Crippen molar-refractivity contribution in [3.8, 4) is 0 Å². The first-order valence-electron chi connectivity index (χ1n) is 8.30. The van der Waals surface area contributed by atoms with Gasteiger partial charge in [-0.3, -0.25) is 9.59 Å². The molecule has 3 rings (SSSR count). The van der Waals surface area contributed by atoms with Gasteiger partial charge in [-0.2, -0.15) is 13.2 Å². The largest absolute Gasteiger partial charge is 0.421 e.